The number of aryl methyl sites for hydroxylation is 1. The fraction of sp³-hybridized carbons (Fsp3) is 0.585. The van der Waals surface area contributed by atoms with Gasteiger partial charge in [0, 0.05) is 42.6 Å². The van der Waals surface area contributed by atoms with E-state index in [0.29, 0.717) is 54.8 Å². The minimum Gasteiger partial charge on any atom is -0.461 e. The van der Waals surface area contributed by atoms with Crippen LogP contribution in [0.15, 0.2) is 18.2 Å². The molecule has 4 atom stereocenters. The van der Waals surface area contributed by atoms with Crippen LogP contribution < -0.4 is 15.0 Å². The van der Waals surface area contributed by atoms with E-state index in [1.54, 1.807) is 20.8 Å². The van der Waals surface area contributed by atoms with Crippen molar-refractivity contribution < 1.29 is 37.0 Å². The van der Waals surface area contributed by atoms with Crippen molar-refractivity contribution >= 4 is 55.6 Å². The number of hydrogen-bond donors (Lipinski definition) is 1. The van der Waals surface area contributed by atoms with Gasteiger partial charge in [-0.1, -0.05) is 18.3 Å². The van der Waals surface area contributed by atoms with E-state index in [0.717, 1.165) is 43.6 Å². The highest BCUT2D eigenvalue weighted by Crippen LogP contribution is 2.44. The number of halogens is 3. The zero-order valence-corrected chi connectivity index (χ0v) is 34.3. The molecule has 57 heavy (non-hydrogen) atoms. The lowest BCUT2D eigenvalue weighted by atomic mass is 9.94. The van der Waals surface area contributed by atoms with Crippen molar-refractivity contribution in [1.29, 1.82) is 0 Å². The van der Waals surface area contributed by atoms with E-state index in [4.69, 9.17) is 24.2 Å². The summed E-state index contributed by atoms with van der Waals surface area (Å²) in [6.07, 6.45) is 1.99. The fourth-order valence-electron chi connectivity index (χ4n) is 9.08. The summed E-state index contributed by atoms with van der Waals surface area (Å²) in [6, 6.07) is 4.32. The molecule has 16 heteroatoms. The number of carbonyl (C=O) groups is 2. The lowest BCUT2D eigenvalue weighted by molar-refractivity contribution is 0.0122. The maximum Gasteiger partial charge on any atom is 0.413 e. The van der Waals surface area contributed by atoms with Crippen LogP contribution in [0, 0.1) is 11.6 Å². The van der Waals surface area contributed by atoms with Gasteiger partial charge in [0.2, 0.25) is 0 Å². The molecule has 12 nitrogen and oxygen atoms in total. The molecule has 4 saturated heterocycles. The minimum absolute atomic E-state index is 0.0134. The van der Waals surface area contributed by atoms with Crippen molar-refractivity contribution in [3.05, 3.63) is 35.4 Å². The molecule has 4 aliphatic rings. The third-order valence-corrected chi connectivity index (χ3v) is 12.3. The molecule has 4 aliphatic heterocycles. The molecular weight excluding hydrogens is 760 g/mol. The molecule has 0 saturated carbocycles. The number of nitrogens with zero attached hydrogens (tertiary/aromatic N) is 6. The summed E-state index contributed by atoms with van der Waals surface area (Å²) >= 11 is 0.930. The van der Waals surface area contributed by atoms with Gasteiger partial charge >= 0.3 is 18.2 Å². The third-order valence-electron chi connectivity index (χ3n) is 11.3. The zero-order chi connectivity index (χ0) is 40.6. The monoisotopic (exact) mass is 809 g/mol. The number of alkyl halides is 1. The highest BCUT2D eigenvalue weighted by molar-refractivity contribution is 7.22. The lowest BCUT2D eigenvalue weighted by Gasteiger charge is -2.42. The van der Waals surface area contributed by atoms with Gasteiger partial charge in [0.1, 0.15) is 41.1 Å². The summed E-state index contributed by atoms with van der Waals surface area (Å²) in [4.78, 5) is 46.2. The molecule has 0 spiro atoms. The second-order valence-electron chi connectivity index (χ2n) is 17.8. The SMILES string of the molecule is CCc1cc2c(N3CC4CCC(C3)N4C(=O)OC(C)(C)C)nc(OC[C@@]34CCCN3C[C@H](F)C4)nc2c(F)c1-c1ccc(F)c2sc(NC(=O)OC(C)(C)C)nc12. The molecule has 4 fully saturated rings. The van der Waals surface area contributed by atoms with Crippen LogP contribution in [0.3, 0.4) is 0 Å². The van der Waals surface area contributed by atoms with E-state index < -0.39 is 40.6 Å². The standard InChI is InChI=1S/C41H50F3N7O5S/c1-8-22-16-27-31(30(44)29(22)26-12-13-28(43)33-32(26)46-36(57-33)48-37(52)55-39(2,3)4)45-35(54-21-41-14-9-15-50(41)18-23(42)17-41)47-34(27)49-19-24-10-11-25(20-49)51(24)38(53)56-40(5,6)7/h12-13,16,23-25H,8-11,14-15,17-21H2,1-7H3,(H,46,48,52)/t23-,24?,25?,41+/m1/s1. The first-order chi connectivity index (χ1) is 26.9. The van der Waals surface area contributed by atoms with Crippen molar-refractivity contribution in [3.8, 4) is 17.1 Å². The van der Waals surface area contributed by atoms with E-state index in [1.807, 2.05) is 38.7 Å². The summed E-state index contributed by atoms with van der Waals surface area (Å²) in [5.74, 6) is -0.736. The number of thiazole rings is 1. The van der Waals surface area contributed by atoms with Crippen LogP contribution in [0.4, 0.5) is 33.7 Å². The normalized spacial score (nSPS) is 23.7. The van der Waals surface area contributed by atoms with E-state index in [9.17, 15) is 14.0 Å². The Kier molecular flexibility index (Phi) is 9.97. The third kappa shape index (κ3) is 7.54. The van der Waals surface area contributed by atoms with Crippen LogP contribution in [-0.4, -0.2) is 105 Å². The summed E-state index contributed by atoms with van der Waals surface area (Å²) in [5.41, 5.74) is -0.539. The van der Waals surface area contributed by atoms with Crippen molar-refractivity contribution in [2.24, 2.45) is 0 Å². The molecule has 2 unspecified atom stereocenters. The quantitative estimate of drug-likeness (QED) is 0.194. The number of ether oxygens (including phenoxy) is 3. The lowest BCUT2D eigenvalue weighted by Crippen LogP contribution is -2.57. The Morgan fingerprint density at radius 1 is 0.982 bits per heavy atom. The number of aromatic nitrogens is 3. The summed E-state index contributed by atoms with van der Waals surface area (Å²) in [6.45, 7) is 14.8. The fourth-order valence-corrected chi connectivity index (χ4v) is 9.96. The van der Waals surface area contributed by atoms with E-state index in [1.165, 1.54) is 12.1 Å². The summed E-state index contributed by atoms with van der Waals surface area (Å²) < 4.78 is 65.3. The number of piperazine rings is 1. The van der Waals surface area contributed by atoms with Gasteiger partial charge in [0.05, 0.1) is 27.8 Å². The number of hydrogen-bond acceptors (Lipinski definition) is 11. The first kappa shape index (κ1) is 39.4. The van der Waals surface area contributed by atoms with Gasteiger partial charge in [-0.25, -0.2) is 27.7 Å². The van der Waals surface area contributed by atoms with E-state index in [2.05, 4.69) is 20.1 Å². The molecule has 2 aromatic heterocycles. The molecule has 2 amide bonds. The highest BCUT2D eigenvalue weighted by Gasteiger charge is 2.50. The van der Waals surface area contributed by atoms with Crippen LogP contribution in [0.25, 0.3) is 32.2 Å². The molecule has 1 N–H and O–H groups in total. The van der Waals surface area contributed by atoms with Crippen molar-refractivity contribution in [2.45, 2.75) is 122 Å². The summed E-state index contributed by atoms with van der Waals surface area (Å²) in [5, 5.41) is 3.17. The number of nitrogens with one attached hydrogen (secondary N) is 1. The van der Waals surface area contributed by atoms with Crippen LogP contribution in [0.5, 0.6) is 6.01 Å². The maximum atomic E-state index is 17.6. The highest BCUT2D eigenvalue weighted by atomic mass is 32.1. The number of carbonyl (C=O) groups excluding carboxylic acids is 2. The molecule has 0 aliphatic carbocycles. The number of rotatable bonds is 7. The molecule has 8 rings (SSSR count). The Hall–Kier alpha value is -4.44. The van der Waals surface area contributed by atoms with Crippen LogP contribution >= 0.6 is 11.3 Å². The Morgan fingerprint density at radius 2 is 1.70 bits per heavy atom. The van der Waals surface area contributed by atoms with Gasteiger partial charge in [-0.15, -0.1) is 0 Å². The van der Waals surface area contributed by atoms with Crippen molar-refractivity contribution in [1.82, 2.24) is 24.8 Å². The Bertz CT molecular complexity index is 2230. The molecule has 4 aromatic rings. The molecule has 6 heterocycles. The second kappa shape index (κ2) is 14.4. The average Bonchev–Trinajstić information content (AvgIpc) is 3.86. The number of fused-ring (bicyclic) bond motifs is 5. The van der Waals surface area contributed by atoms with E-state index >= 15 is 8.78 Å². The number of amides is 2. The van der Waals surface area contributed by atoms with Gasteiger partial charge in [0.25, 0.3) is 0 Å². The molecular formula is C41H50F3N7O5S. The molecule has 0 radical (unpaired) electrons. The predicted molar refractivity (Wildman–Crippen MR) is 213 cm³/mol. The summed E-state index contributed by atoms with van der Waals surface area (Å²) in [7, 11) is 0. The van der Waals surface area contributed by atoms with Gasteiger partial charge in [-0.2, -0.15) is 9.97 Å². The molecule has 306 valence electrons. The zero-order valence-electron chi connectivity index (χ0n) is 33.5. The van der Waals surface area contributed by atoms with Gasteiger partial charge in [-0.3, -0.25) is 15.1 Å². The van der Waals surface area contributed by atoms with Gasteiger partial charge in [0.15, 0.2) is 10.9 Å². The molecule has 2 aromatic carbocycles. The van der Waals surface area contributed by atoms with Crippen LogP contribution in [0.2, 0.25) is 0 Å². The largest absolute Gasteiger partial charge is 0.461 e. The first-order valence-electron chi connectivity index (χ1n) is 19.8. The first-order valence-corrected chi connectivity index (χ1v) is 20.6. The van der Waals surface area contributed by atoms with Gasteiger partial charge in [-0.05, 0) is 104 Å². The smallest absolute Gasteiger partial charge is 0.413 e. The predicted octanol–water partition coefficient (Wildman–Crippen LogP) is 8.64. The molecule has 2 bridgehead atoms. The van der Waals surface area contributed by atoms with Crippen LogP contribution in [0.1, 0.15) is 86.1 Å². The Labute approximate surface area is 334 Å². The maximum absolute atomic E-state index is 17.6. The Balaban J connectivity index is 1.22. The van der Waals surface area contributed by atoms with E-state index in [-0.39, 0.29) is 57.2 Å². The van der Waals surface area contributed by atoms with Crippen LogP contribution in [-0.2, 0) is 15.9 Å². The topological polar surface area (TPSA) is 122 Å². The minimum atomic E-state index is -0.954. The average molecular weight is 810 g/mol. The second-order valence-corrected chi connectivity index (χ2v) is 18.8. The van der Waals surface area contributed by atoms with Gasteiger partial charge < -0.3 is 19.1 Å². The van der Waals surface area contributed by atoms with Crippen molar-refractivity contribution in [2.75, 3.05) is 43.0 Å². The Morgan fingerprint density at radius 3 is 2.39 bits per heavy atom. The van der Waals surface area contributed by atoms with Crippen molar-refractivity contribution in [3.63, 3.8) is 0 Å². The number of benzene rings is 2. The number of anilines is 2.